The van der Waals surface area contributed by atoms with Gasteiger partial charge < -0.3 is 9.47 Å². The molecule has 0 bridgehead atoms. The van der Waals surface area contributed by atoms with Gasteiger partial charge in [-0.1, -0.05) is 11.6 Å². The first-order chi connectivity index (χ1) is 11.5. The number of hydrogen-bond acceptors (Lipinski definition) is 6. The zero-order chi connectivity index (χ0) is 17.5. The Hall–Kier alpha value is -2.12. The van der Waals surface area contributed by atoms with Crippen molar-refractivity contribution < 1.29 is 19.1 Å². The van der Waals surface area contributed by atoms with E-state index in [2.05, 4.69) is 10.3 Å². The molecule has 1 N–H and O–H groups in total. The molecule has 0 unspecified atom stereocenters. The van der Waals surface area contributed by atoms with Gasteiger partial charge in [-0.2, -0.15) is 0 Å². The van der Waals surface area contributed by atoms with Crippen LogP contribution < -0.4 is 10.1 Å². The number of thiazole rings is 1. The highest BCUT2D eigenvalue weighted by Gasteiger charge is 2.11. The van der Waals surface area contributed by atoms with Crippen molar-refractivity contribution in [3.63, 3.8) is 0 Å². The molecule has 0 aliphatic rings. The van der Waals surface area contributed by atoms with Gasteiger partial charge in [-0.05, 0) is 37.6 Å². The maximum Gasteiger partial charge on any atom is 0.311 e. The highest BCUT2D eigenvalue weighted by atomic mass is 35.5. The van der Waals surface area contributed by atoms with E-state index in [0.717, 1.165) is 5.56 Å². The summed E-state index contributed by atoms with van der Waals surface area (Å²) in [6.45, 7) is 3.78. The van der Waals surface area contributed by atoms with E-state index in [9.17, 15) is 9.59 Å². The number of aryl methyl sites for hydroxylation is 1. The average Bonchev–Trinajstić information content (AvgIpc) is 2.95. The lowest BCUT2D eigenvalue weighted by atomic mass is 10.2. The minimum atomic E-state index is -0.345. The van der Waals surface area contributed by atoms with Crippen molar-refractivity contribution >= 4 is 39.9 Å². The fraction of sp³-hybridized carbons (Fsp3) is 0.312. The van der Waals surface area contributed by atoms with Crippen LogP contribution in [-0.4, -0.2) is 30.1 Å². The van der Waals surface area contributed by atoms with E-state index in [1.165, 1.54) is 11.3 Å². The fourth-order valence-electron chi connectivity index (χ4n) is 1.82. The monoisotopic (exact) mass is 368 g/mol. The average molecular weight is 369 g/mol. The summed E-state index contributed by atoms with van der Waals surface area (Å²) in [6.07, 6.45) is 0.0841. The molecule has 128 valence electrons. The van der Waals surface area contributed by atoms with Crippen molar-refractivity contribution in [2.24, 2.45) is 0 Å². The Morgan fingerprint density at radius 1 is 1.38 bits per heavy atom. The molecule has 1 aromatic carbocycles. The number of aromatic nitrogens is 1. The summed E-state index contributed by atoms with van der Waals surface area (Å²) in [5.74, 6) is -0.115. The summed E-state index contributed by atoms with van der Waals surface area (Å²) < 4.78 is 10.3. The quantitative estimate of drug-likeness (QED) is 0.759. The number of nitrogens with one attached hydrogen (secondary N) is 1. The van der Waals surface area contributed by atoms with Crippen LogP contribution in [-0.2, 0) is 20.7 Å². The molecule has 0 atom stereocenters. The summed E-state index contributed by atoms with van der Waals surface area (Å²) in [5, 5.41) is 5.39. The number of carbonyl (C=O) groups excluding carboxylic acids is 2. The molecule has 0 aliphatic carbocycles. The van der Waals surface area contributed by atoms with Crippen molar-refractivity contribution in [3.05, 3.63) is 39.9 Å². The van der Waals surface area contributed by atoms with E-state index in [-0.39, 0.29) is 24.9 Å². The Balaban J connectivity index is 1.83. The molecule has 1 heterocycles. The molecule has 2 aromatic rings. The summed E-state index contributed by atoms with van der Waals surface area (Å²) in [6, 6.07) is 5.17. The van der Waals surface area contributed by atoms with E-state index in [0.29, 0.717) is 28.2 Å². The number of benzene rings is 1. The molecule has 2 rings (SSSR count). The van der Waals surface area contributed by atoms with Crippen LogP contribution in [0.1, 0.15) is 18.2 Å². The van der Waals surface area contributed by atoms with Gasteiger partial charge in [0, 0.05) is 10.4 Å². The van der Waals surface area contributed by atoms with Crippen LogP contribution in [0.4, 0.5) is 5.13 Å². The Bertz CT molecular complexity index is 733. The number of ether oxygens (including phenoxy) is 2. The van der Waals surface area contributed by atoms with Crippen molar-refractivity contribution in [2.45, 2.75) is 20.3 Å². The number of rotatable bonds is 7. The largest absolute Gasteiger partial charge is 0.484 e. The van der Waals surface area contributed by atoms with E-state index in [1.807, 2.05) is 6.92 Å². The highest BCUT2D eigenvalue weighted by molar-refractivity contribution is 7.13. The predicted octanol–water partition coefficient (Wildman–Crippen LogP) is 3.23. The Labute approximate surface area is 148 Å². The fourth-order valence-corrected chi connectivity index (χ4v) is 2.66. The van der Waals surface area contributed by atoms with E-state index < -0.39 is 0 Å². The number of nitrogens with zero attached hydrogens (tertiary/aromatic N) is 1. The molecule has 24 heavy (non-hydrogen) atoms. The second-order valence-electron chi connectivity index (χ2n) is 4.87. The van der Waals surface area contributed by atoms with Crippen LogP contribution in [0.15, 0.2) is 23.6 Å². The number of hydrogen-bond donors (Lipinski definition) is 1. The second kappa shape index (κ2) is 8.65. The predicted molar refractivity (Wildman–Crippen MR) is 92.8 cm³/mol. The van der Waals surface area contributed by atoms with E-state index in [4.69, 9.17) is 21.1 Å². The highest BCUT2D eigenvalue weighted by Crippen LogP contribution is 2.21. The lowest BCUT2D eigenvalue weighted by Gasteiger charge is -2.07. The van der Waals surface area contributed by atoms with Gasteiger partial charge in [0.25, 0.3) is 5.91 Å². The maximum absolute atomic E-state index is 11.9. The van der Waals surface area contributed by atoms with Crippen LogP contribution in [0.5, 0.6) is 5.75 Å². The molecular weight excluding hydrogens is 352 g/mol. The third-order valence-corrected chi connectivity index (χ3v) is 4.16. The third-order valence-electron chi connectivity index (χ3n) is 2.93. The van der Waals surface area contributed by atoms with Gasteiger partial charge in [-0.15, -0.1) is 11.3 Å². The lowest BCUT2D eigenvalue weighted by Crippen LogP contribution is -2.20. The molecule has 0 radical (unpaired) electrons. The van der Waals surface area contributed by atoms with Crippen molar-refractivity contribution in [2.75, 3.05) is 18.5 Å². The summed E-state index contributed by atoms with van der Waals surface area (Å²) in [4.78, 5) is 27.4. The third kappa shape index (κ3) is 5.50. The molecule has 0 saturated carbocycles. The summed E-state index contributed by atoms with van der Waals surface area (Å²) in [5.41, 5.74) is 1.43. The van der Waals surface area contributed by atoms with Gasteiger partial charge in [0.1, 0.15) is 5.75 Å². The van der Waals surface area contributed by atoms with Crippen molar-refractivity contribution in [1.82, 2.24) is 4.98 Å². The van der Waals surface area contributed by atoms with Gasteiger partial charge >= 0.3 is 5.97 Å². The first-order valence-electron chi connectivity index (χ1n) is 7.26. The lowest BCUT2D eigenvalue weighted by molar-refractivity contribution is -0.142. The number of carbonyl (C=O) groups is 2. The van der Waals surface area contributed by atoms with Gasteiger partial charge in [0.05, 0.1) is 18.7 Å². The first-order valence-corrected chi connectivity index (χ1v) is 8.52. The number of halogens is 1. The zero-order valence-corrected chi connectivity index (χ0v) is 14.9. The minimum absolute atomic E-state index is 0.0841. The molecule has 1 amide bonds. The van der Waals surface area contributed by atoms with Gasteiger partial charge in [0.15, 0.2) is 11.7 Å². The van der Waals surface area contributed by atoms with Crippen LogP contribution in [0.3, 0.4) is 0 Å². The smallest absolute Gasteiger partial charge is 0.311 e. The summed E-state index contributed by atoms with van der Waals surface area (Å²) >= 11 is 7.17. The molecule has 8 heteroatoms. The molecule has 0 saturated heterocycles. The van der Waals surface area contributed by atoms with Gasteiger partial charge in [0.2, 0.25) is 0 Å². The van der Waals surface area contributed by atoms with Crippen LogP contribution in [0.2, 0.25) is 5.02 Å². The number of anilines is 1. The van der Waals surface area contributed by atoms with Crippen LogP contribution in [0.25, 0.3) is 0 Å². The van der Waals surface area contributed by atoms with E-state index in [1.54, 1.807) is 30.5 Å². The topological polar surface area (TPSA) is 77.5 Å². The molecule has 0 fully saturated rings. The second-order valence-corrected chi connectivity index (χ2v) is 6.14. The summed E-state index contributed by atoms with van der Waals surface area (Å²) in [7, 11) is 0. The Morgan fingerprint density at radius 2 is 2.17 bits per heavy atom. The standard InChI is InChI=1S/C16H17ClN2O4S/c1-3-22-15(21)7-11-9-24-16(18-11)19-14(20)8-23-12-4-5-13(17)10(2)6-12/h4-6,9H,3,7-8H2,1-2H3,(H,18,19,20). The minimum Gasteiger partial charge on any atom is -0.484 e. The molecule has 0 aliphatic heterocycles. The SMILES string of the molecule is CCOC(=O)Cc1csc(NC(=O)COc2ccc(Cl)c(C)c2)n1. The molecule has 0 spiro atoms. The van der Waals surface area contributed by atoms with Crippen LogP contribution in [0, 0.1) is 6.92 Å². The Kier molecular flexibility index (Phi) is 6.57. The molecule has 6 nitrogen and oxygen atoms in total. The van der Waals surface area contributed by atoms with Crippen molar-refractivity contribution in [3.8, 4) is 5.75 Å². The number of amides is 1. The van der Waals surface area contributed by atoms with Gasteiger partial charge in [-0.25, -0.2) is 4.98 Å². The van der Waals surface area contributed by atoms with Crippen LogP contribution >= 0.6 is 22.9 Å². The van der Waals surface area contributed by atoms with Gasteiger partial charge in [-0.3, -0.25) is 14.9 Å². The number of esters is 1. The Morgan fingerprint density at radius 3 is 2.88 bits per heavy atom. The normalized spacial score (nSPS) is 10.3. The molecule has 1 aromatic heterocycles. The zero-order valence-electron chi connectivity index (χ0n) is 13.3. The first kappa shape index (κ1) is 18.2. The molecular formula is C16H17ClN2O4S. The maximum atomic E-state index is 11.9. The van der Waals surface area contributed by atoms with Crippen molar-refractivity contribution in [1.29, 1.82) is 0 Å². The van der Waals surface area contributed by atoms with E-state index >= 15 is 0 Å².